The van der Waals surface area contributed by atoms with Gasteiger partial charge in [-0.3, -0.25) is 10.1 Å². The molecular formula is C10H4Cl4N4O2. The van der Waals surface area contributed by atoms with E-state index < -0.39 is 4.92 Å². The van der Waals surface area contributed by atoms with Gasteiger partial charge in [-0.05, 0) is 0 Å². The molecule has 2 aromatic rings. The normalized spacial score (nSPS) is 10.4. The van der Waals surface area contributed by atoms with Crippen molar-refractivity contribution in [3.05, 3.63) is 48.7 Å². The highest BCUT2D eigenvalue weighted by Gasteiger charge is 2.16. The molecule has 0 atom stereocenters. The van der Waals surface area contributed by atoms with Crippen molar-refractivity contribution in [2.45, 2.75) is 0 Å². The minimum Gasteiger partial charge on any atom is -0.350 e. The van der Waals surface area contributed by atoms with Crippen LogP contribution in [0.15, 0.2) is 18.2 Å². The maximum Gasteiger partial charge on any atom is 0.272 e. The van der Waals surface area contributed by atoms with Crippen molar-refractivity contribution >= 4 is 63.5 Å². The number of aromatic nitrogens is 2. The number of nitro benzene ring substituents is 1. The SMILES string of the molecule is O=[N+]([O-])c1cc(Cl)c(Nc2cc(Cl)nnc2Cl)c(Cl)c1. The van der Waals surface area contributed by atoms with Crippen molar-refractivity contribution in [3.8, 4) is 0 Å². The number of non-ortho nitro benzene ring substituents is 1. The van der Waals surface area contributed by atoms with Crippen LogP contribution in [-0.2, 0) is 0 Å². The fourth-order valence-electron chi connectivity index (χ4n) is 1.36. The lowest BCUT2D eigenvalue weighted by molar-refractivity contribution is -0.384. The molecule has 0 fully saturated rings. The molecule has 20 heavy (non-hydrogen) atoms. The number of benzene rings is 1. The summed E-state index contributed by atoms with van der Waals surface area (Å²) in [7, 11) is 0. The van der Waals surface area contributed by atoms with E-state index in [1.54, 1.807) is 0 Å². The van der Waals surface area contributed by atoms with Crippen LogP contribution >= 0.6 is 46.4 Å². The number of nitrogens with zero attached hydrogens (tertiary/aromatic N) is 3. The Balaban J connectivity index is 2.44. The second-order valence-electron chi connectivity index (χ2n) is 3.54. The molecule has 0 radical (unpaired) electrons. The van der Waals surface area contributed by atoms with E-state index >= 15 is 0 Å². The summed E-state index contributed by atoms with van der Waals surface area (Å²) in [5.74, 6) is 0. The minimum atomic E-state index is -0.598. The molecule has 0 spiro atoms. The number of nitrogens with one attached hydrogen (secondary N) is 1. The predicted molar refractivity (Wildman–Crippen MR) is 78.5 cm³/mol. The molecule has 0 saturated heterocycles. The third-order valence-electron chi connectivity index (χ3n) is 2.22. The highest BCUT2D eigenvalue weighted by atomic mass is 35.5. The number of anilines is 2. The van der Waals surface area contributed by atoms with Crippen molar-refractivity contribution < 1.29 is 4.92 Å². The van der Waals surface area contributed by atoms with Crippen LogP contribution in [0.4, 0.5) is 17.1 Å². The Labute approximate surface area is 132 Å². The molecule has 0 saturated carbocycles. The van der Waals surface area contributed by atoms with Crippen LogP contribution in [0, 0.1) is 10.1 Å². The van der Waals surface area contributed by atoms with E-state index in [1.165, 1.54) is 18.2 Å². The molecule has 0 aliphatic rings. The zero-order valence-electron chi connectivity index (χ0n) is 9.40. The lowest BCUT2D eigenvalue weighted by Crippen LogP contribution is -1.97. The standard InChI is InChI=1S/C10H4Cl4N4O2/c11-5-1-4(18(19)20)2-6(12)9(5)15-7-3-8(13)16-17-10(7)14/h1-3H,(H,15,16). The highest BCUT2D eigenvalue weighted by molar-refractivity contribution is 6.40. The van der Waals surface area contributed by atoms with Gasteiger partial charge in [0, 0.05) is 18.2 Å². The number of hydrogen-bond acceptors (Lipinski definition) is 5. The van der Waals surface area contributed by atoms with Gasteiger partial charge in [0.2, 0.25) is 0 Å². The molecule has 1 heterocycles. The number of rotatable bonds is 3. The molecular weight excluding hydrogens is 350 g/mol. The molecule has 0 unspecified atom stereocenters. The van der Waals surface area contributed by atoms with Crippen molar-refractivity contribution in [2.75, 3.05) is 5.32 Å². The molecule has 6 nitrogen and oxygen atoms in total. The van der Waals surface area contributed by atoms with Gasteiger partial charge in [-0.15, -0.1) is 10.2 Å². The van der Waals surface area contributed by atoms with Gasteiger partial charge in [0.15, 0.2) is 10.3 Å². The van der Waals surface area contributed by atoms with Crippen molar-refractivity contribution in [1.29, 1.82) is 0 Å². The lowest BCUT2D eigenvalue weighted by Gasteiger charge is -2.11. The Morgan fingerprint density at radius 3 is 2.20 bits per heavy atom. The van der Waals surface area contributed by atoms with Crippen LogP contribution in [0.1, 0.15) is 0 Å². The first kappa shape index (κ1) is 15.1. The van der Waals surface area contributed by atoms with Crippen LogP contribution in [0.5, 0.6) is 0 Å². The van der Waals surface area contributed by atoms with Gasteiger partial charge in [0.05, 0.1) is 26.3 Å². The molecule has 0 bridgehead atoms. The zero-order chi connectivity index (χ0) is 14.9. The molecule has 10 heteroatoms. The van der Waals surface area contributed by atoms with Crippen LogP contribution in [-0.4, -0.2) is 15.1 Å². The summed E-state index contributed by atoms with van der Waals surface area (Å²) in [4.78, 5) is 10.1. The Kier molecular flexibility index (Phi) is 4.49. The average molecular weight is 354 g/mol. The first-order chi connectivity index (χ1) is 9.38. The summed E-state index contributed by atoms with van der Waals surface area (Å²) in [6.07, 6.45) is 0. The maximum atomic E-state index is 10.7. The summed E-state index contributed by atoms with van der Waals surface area (Å²) < 4.78 is 0. The van der Waals surface area contributed by atoms with E-state index in [0.29, 0.717) is 5.69 Å². The largest absolute Gasteiger partial charge is 0.350 e. The molecule has 104 valence electrons. The van der Waals surface area contributed by atoms with Crippen molar-refractivity contribution in [1.82, 2.24) is 10.2 Å². The fraction of sp³-hybridized carbons (Fsp3) is 0. The number of nitro groups is 1. The Bertz CT molecular complexity index is 672. The van der Waals surface area contributed by atoms with E-state index in [4.69, 9.17) is 46.4 Å². The first-order valence-electron chi connectivity index (χ1n) is 4.97. The Morgan fingerprint density at radius 1 is 1.05 bits per heavy atom. The van der Waals surface area contributed by atoms with Gasteiger partial charge >= 0.3 is 0 Å². The molecule has 1 N–H and O–H groups in total. The van der Waals surface area contributed by atoms with Crippen LogP contribution in [0.25, 0.3) is 0 Å². The Morgan fingerprint density at radius 2 is 1.65 bits per heavy atom. The molecule has 0 aliphatic carbocycles. The van der Waals surface area contributed by atoms with E-state index in [-0.39, 0.29) is 31.7 Å². The zero-order valence-corrected chi connectivity index (χ0v) is 12.4. The van der Waals surface area contributed by atoms with Crippen LogP contribution < -0.4 is 5.32 Å². The average Bonchev–Trinajstić information content (AvgIpc) is 2.37. The smallest absolute Gasteiger partial charge is 0.272 e. The summed E-state index contributed by atoms with van der Waals surface area (Å²) in [5, 5.41) is 21.0. The Hall–Kier alpha value is -1.34. The summed E-state index contributed by atoms with van der Waals surface area (Å²) in [6.45, 7) is 0. The lowest BCUT2D eigenvalue weighted by atomic mass is 10.2. The topological polar surface area (TPSA) is 81.0 Å². The van der Waals surface area contributed by atoms with Crippen LogP contribution in [0.2, 0.25) is 20.4 Å². The first-order valence-corrected chi connectivity index (χ1v) is 6.49. The third kappa shape index (κ3) is 3.21. The summed E-state index contributed by atoms with van der Waals surface area (Å²) >= 11 is 23.5. The quantitative estimate of drug-likeness (QED) is 0.636. The highest BCUT2D eigenvalue weighted by Crippen LogP contribution is 2.37. The molecule has 2 rings (SSSR count). The molecule has 1 aromatic carbocycles. The van der Waals surface area contributed by atoms with Gasteiger partial charge in [0.25, 0.3) is 5.69 Å². The molecule has 0 amide bonds. The number of hydrogen-bond donors (Lipinski definition) is 1. The molecule has 0 aliphatic heterocycles. The van der Waals surface area contributed by atoms with E-state index in [1.807, 2.05) is 0 Å². The van der Waals surface area contributed by atoms with E-state index in [9.17, 15) is 10.1 Å². The predicted octanol–water partition coefficient (Wildman–Crippen LogP) is 4.74. The molecule has 1 aromatic heterocycles. The number of halogens is 4. The van der Waals surface area contributed by atoms with Gasteiger partial charge in [-0.1, -0.05) is 46.4 Å². The van der Waals surface area contributed by atoms with Crippen molar-refractivity contribution in [3.63, 3.8) is 0 Å². The fourth-order valence-corrected chi connectivity index (χ4v) is 2.22. The minimum absolute atomic E-state index is 0.0555. The monoisotopic (exact) mass is 352 g/mol. The third-order valence-corrected chi connectivity index (χ3v) is 3.28. The van der Waals surface area contributed by atoms with Gasteiger partial charge in [0.1, 0.15) is 0 Å². The summed E-state index contributed by atoms with van der Waals surface area (Å²) in [6, 6.07) is 3.75. The van der Waals surface area contributed by atoms with Gasteiger partial charge in [-0.25, -0.2) is 0 Å². The summed E-state index contributed by atoms with van der Waals surface area (Å²) in [5.41, 5.74) is 0.358. The second-order valence-corrected chi connectivity index (χ2v) is 5.10. The second kappa shape index (κ2) is 5.97. The van der Waals surface area contributed by atoms with Gasteiger partial charge < -0.3 is 5.32 Å². The van der Waals surface area contributed by atoms with Gasteiger partial charge in [-0.2, -0.15) is 0 Å². The maximum absolute atomic E-state index is 10.7. The van der Waals surface area contributed by atoms with E-state index in [0.717, 1.165) is 0 Å². The van der Waals surface area contributed by atoms with E-state index in [2.05, 4.69) is 15.5 Å². The van der Waals surface area contributed by atoms with Crippen LogP contribution in [0.3, 0.4) is 0 Å². The van der Waals surface area contributed by atoms with Crippen molar-refractivity contribution in [2.24, 2.45) is 0 Å².